The smallest absolute Gasteiger partial charge is 0.348 e. The molecule has 3 heterocycles. The van der Waals surface area contributed by atoms with Gasteiger partial charge in [0.15, 0.2) is 10.8 Å². The van der Waals surface area contributed by atoms with E-state index in [1.54, 1.807) is 19.2 Å². The number of rotatable bonds is 6. The van der Waals surface area contributed by atoms with Crippen LogP contribution in [-0.4, -0.2) is 39.2 Å². The van der Waals surface area contributed by atoms with E-state index in [-0.39, 0.29) is 5.97 Å². The molecular weight excluding hydrogens is 394 g/mol. The standard InChI is InChI=1S/C19H19N5O2S2/c1-2-26-18(25)15-7-12(10-28-15)14-9-20-13-5-6-16(23-17(13)22-14)24-19(27)21-8-11-3-4-11/h5-7,9-11H,2-4,8H2,1H3,(H2,21,22,23,24,27). The number of anilines is 1. The number of hydrogen-bond donors (Lipinski definition) is 2. The molecule has 1 saturated carbocycles. The third-order valence-electron chi connectivity index (χ3n) is 4.27. The highest BCUT2D eigenvalue weighted by molar-refractivity contribution is 7.80. The van der Waals surface area contributed by atoms with Gasteiger partial charge in [0.05, 0.1) is 18.5 Å². The number of nitrogens with zero attached hydrogens (tertiary/aromatic N) is 3. The number of nitrogens with one attached hydrogen (secondary N) is 2. The van der Waals surface area contributed by atoms with Crippen LogP contribution in [0.4, 0.5) is 5.82 Å². The van der Waals surface area contributed by atoms with Crippen molar-refractivity contribution in [3.8, 4) is 11.3 Å². The van der Waals surface area contributed by atoms with E-state index < -0.39 is 0 Å². The van der Waals surface area contributed by atoms with Gasteiger partial charge in [0.25, 0.3) is 0 Å². The largest absolute Gasteiger partial charge is 0.462 e. The van der Waals surface area contributed by atoms with Crippen LogP contribution in [0, 0.1) is 5.92 Å². The predicted molar refractivity (Wildman–Crippen MR) is 114 cm³/mol. The highest BCUT2D eigenvalue weighted by Gasteiger charge is 2.21. The maximum absolute atomic E-state index is 11.9. The molecule has 0 aliphatic heterocycles. The first-order valence-electron chi connectivity index (χ1n) is 9.07. The summed E-state index contributed by atoms with van der Waals surface area (Å²) in [7, 11) is 0. The molecule has 1 aliphatic carbocycles. The number of thiophene rings is 1. The van der Waals surface area contributed by atoms with Gasteiger partial charge >= 0.3 is 5.97 Å². The topological polar surface area (TPSA) is 89.0 Å². The normalized spacial score (nSPS) is 13.3. The van der Waals surface area contributed by atoms with E-state index in [2.05, 4.69) is 25.6 Å². The first-order valence-corrected chi connectivity index (χ1v) is 10.4. The average Bonchev–Trinajstić information content (AvgIpc) is 3.39. The molecule has 28 heavy (non-hydrogen) atoms. The van der Waals surface area contributed by atoms with Gasteiger partial charge in [0, 0.05) is 17.5 Å². The minimum atomic E-state index is -0.329. The predicted octanol–water partition coefficient (Wildman–Crippen LogP) is 3.63. The van der Waals surface area contributed by atoms with Crippen LogP contribution in [0.25, 0.3) is 22.4 Å². The van der Waals surface area contributed by atoms with Gasteiger partial charge in [-0.3, -0.25) is 4.98 Å². The van der Waals surface area contributed by atoms with Crippen LogP contribution in [0.15, 0.2) is 29.8 Å². The van der Waals surface area contributed by atoms with Crippen molar-refractivity contribution < 1.29 is 9.53 Å². The van der Waals surface area contributed by atoms with Crippen molar-refractivity contribution >= 4 is 51.6 Å². The van der Waals surface area contributed by atoms with Crippen LogP contribution in [0.3, 0.4) is 0 Å². The fraction of sp³-hybridized carbons (Fsp3) is 0.316. The number of aromatic nitrogens is 3. The zero-order chi connectivity index (χ0) is 19.5. The Morgan fingerprint density at radius 2 is 2.21 bits per heavy atom. The Hall–Kier alpha value is -2.65. The summed E-state index contributed by atoms with van der Waals surface area (Å²) in [4.78, 5) is 25.9. The van der Waals surface area contributed by atoms with Crippen LogP contribution >= 0.6 is 23.6 Å². The first kappa shape index (κ1) is 18.7. The molecule has 0 unspecified atom stereocenters. The van der Waals surface area contributed by atoms with E-state index in [4.69, 9.17) is 17.0 Å². The number of carbonyl (C=O) groups is 1. The van der Waals surface area contributed by atoms with E-state index in [1.807, 2.05) is 17.5 Å². The molecule has 0 amide bonds. The summed E-state index contributed by atoms with van der Waals surface area (Å²) < 4.78 is 5.04. The van der Waals surface area contributed by atoms with Gasteiger partial charge in [0.2, 0.25) is 0 Å². The van der Waals surface area contributed by atoms with E-state index in [9.17, 15) is 4.79 Å². The van der Waals surface area contributed by atoms with Gasteiger partial charge in [-0.25, -0.2) is 14.8 Å². The van der Waals surface area contributed by atoms with E-state index >= 15 is 0 Å². The van der Waals surface area contributed by atoms with Gasteiger partial charge < -0.3 is 15.4 Å². The molecule has 0 bridgehead atoms. The molecule has 9 heteroatoms. The van der Waals surface area contributed by atoms with Crippen molar-refractivity contribution in [2.45, 2.75) is 19.8 Å². The van der Waals surface area contributed by atoms with Crippen LogP contribution in [0.2, 0.25) is 0 Å². The molecular formula is C19H19N5O2S2. The minimum Gasteiger partial charge on any atom is -0.462 e. The summed E-state index contributed by atoms with van der Waals surface area (Å²) in [6.07, 6.45) is 4.21. The number of hydrogen-bond acceptors (Lipinski definition) is 7. The summed E-state index contributed by atoms with van der Waals surface area (Å²) in [6.45, 7) is 3.02. The Morgan fingerprint density at radius 1 is 1.36 bits per heavy atom. The highest BCUT2D eigenvalue weighted by Crippen LogP contribution is 2.27. The number of ether oxygens (including phenoxy) is 1. The second kappa shape index (κ2) is 8.15. The molecule has 7 nitrogen and oxygen atoms in total. The van der Waals surface area contributed by atoms with Gasteiger partial charge in [-0.15, -0.1) is 11.3 Å². The van der Waals surface area contributed by atoms with E-state index in [1.165, 1.54) is 24.2 Å². The Bertz CT molecular complexity index is 1030. The molecule has 4 rings (SSSR count). The van der Waals surface area contributed by atoms with E-state index in [0.29, 0.717) is 39.3 Å². The number of thiocarbonyl (C=S) groups is 1. The maximum Gasteiger partial charge on any atom is 0.348 e. The number of esters is 1. The molecule has 0 saturated heterocycles. The summed E-state index contributed by atoms with van der Waals surface area (Å²) in [5.74, 6) is 1.02. The zero-order valence-electron chi connectivity index (χ0n) is 15.3. The molecule has 2 N–H and O–H groups in total. The van der Waals surface area contributed by atoms with E-state index in [0.717, 1.165) is 18.0 Å². The van der Waals surface area contributed by atoms with Crippen molar-refractivity contribution in [2.24, 2.45) is 5.92 Å². The monoisotopic (exact) mass is 413 g/mol. The Labute approximate surface area is 171 Å². The SMILES string of the molecule is CCOC(=O)c1cc(-c2cnc3ccc(NC(=S)NCC4CC4)nc3n2)cs1. The fourth-order valence-corrected chi connectivity index (χ4v) is 3.59. The Morgan fingerprint density at radius 3 is 3.00 bits per heavy atom. The second-order valence-corrected chi connectivity index (χ2v) is 7.81. The molecule has 1 aliphatic rings. The minimum absolute atomic E-state index is 0.329. The Balaban J connectivity index is 1.52. The molecule has 144 valence electrons. The summed E-state index contributed by atoms with van der Waals surface area (Å²) in [5.41, 5.74) is 2.66. The molecule has 3 aromatic rings. The lowest BCUT2D eigenvalue weighted by atomic mass is 10.2. The van der Waals surface area contributed by atoms with Crippen molar-refractivity contribution in [1.29, 1.82) is 0 Å². The lowest BCUT2D eigenvalue weighted by Gasteiger charge is -2.09. The lowest BCUT2D eigenvalue weighted by Crippen LogP contribution is -2.30. The number of fused-ring (bicyclic) bond motifs is 1. The average molecular weight is 414 g/mol. The third-order valence-corrected chi connectivity index (χ3v) is 5.43. The number of pyridine rings is 1. The third kappa shape index (κ3) is 4.42. The second-order valence-electron chi connectivity index (χ2n) is 6.49. The first-order chi connectivity index (χ1) is 13.6. The van der Waals surface area contributed by atoms with Crippen molar-refractivity contribution in [3.63, 3.8) is 0 Å². The zero-order valence-corrected chi connectivity index (χ0v) is 16.9. The van der Waals surface area contributed by atoms with Crippen LogP contribution < -0.4 is 10.6 Å². The highest BCUT2D eigenvalue weighted by atomic mass is 32.1. The summed E-state index contributed by atoms with van der Waals surface area (Å²) in [6, 6.07) is 5.44. The van der Waals surface area contributed by atoms with Crippen LogP contribution in [0.1, 0.15) is 29.4 Å². The van der Waals surface area contributed by atoms with Crippen LogP contribution in [0.5, 0.6) is 0 Å². The van der Waals surface area contributed by atoms with Gasteiger partial charge in [0.1, 0.15) is 16.2 Å². The summed E-state index contributed by atoms with van der Waals surface area (Å²) in [5, 5.41) is 8.71. The van der Waals surface area contributed by atoms with Crippen molar-refractivity contribution in [1.82, 2.24) is 20.3 Å². The van der Waals surface area contributed by atoms with Crippen LogP contribution in [-0.2, 0) is 4.74 Å². The molecule has 1 fully saturated rings. The van der Waals surface area contributed by atoms with Gasteiger partial charge in [-0.1, -0.05) is 0 Å². The molecule has 0 radical (unpaired) electrons. The van der Waals surface area contributed by atoms with Gasteiger partial charge in [-0.2, -0.15) is 0 Å². The quantitative estimate of drug-likeness (QED) is 0.468. The molecule has 3 aromatic heterocycles. The van der Waals surface area contributed by atoms with Gasteiger partial charge in [-0.05, 0) is 56.1 Å². The lowest BCUT2D eigenvalue weighted by molar-refractivity contribution is 0.0532. The fourth-order valence-electron chi connectivity index (χ4n) is 2.61. The maximum atomic E-state index is 11.9. The van der Waals surface area contributed by atoms with Crippen molar-refractivity contribution in [3.05, 3.63) is 34.7 Å². The molecule has 0 atom stereocenters. The molecule has 0 spiro atoms. The molecule has 0 aromatic carbocycles. The summed E-state index contributed by atoms with van der Waals surface area (Å²) >= 11 is 6.64. The Kier molecular flexibility index (Phi) is 5.45. The van der Waals surface area contributed by atoms with Crippen molar-refractivity contribution in [2.75, 3.05) is 18.5 Å². The number of carbonyl (C=O) groups excluding carboxylic acids is 1.